The summed E-state index contributed by atoms with van der Waals surface area (Å²) >= 11 is 0. The monoisotopic (exact) mass is 453 g/mol. The minimum absolute atomic E-state index is 0.0676. The van der Waals surface area contributed by atoms with Crippen LogP contribution in [-0.2, 0) is 30.5 Å². The van der Waals surface area contributed by atoms with Crippen LogP contribution >= 0.6 is 0 Å². The fourth-order valence-corrected chi connectivity index (χ4v) is 4.86. The predicted molar refractivity (Wildman–Crippen MR) is 119 cm³/mol. The van der Waals surface area contributed by atoms with Crippen LogP contribution in [-0.4, -0.2) is 35.3 Å². The van der Waals surface area contributed by atoms with Gasteiger partial charge in [0.05, 0.1) is 18.9 Å². The Kier molecular flexibility index (Phi) is 7.58. The van der Waals surface area contributed by atoms with Crippen molar-refractivity contribution in [3.63, 3.8) is 0 Å². The van der Waals surface area contributed by atoms with Crippen LogP contribution in [0.15, 0.2) is 60.7 Å². The number of nitrogens with zero attached hydrogens (tertiary/aromatic N) is 1. The van der Waals surface area contributed by atoms with Gasteiger partial charge in [0.2, 0.25) is 6.04 Å². The number of Topliss-reactive ketones (excluding diaryl/α,β-unsaturated/α-hetero) is 1. The number of rotatable bonds is 9. The molecule has 2 aromatic carbocycles. The third-order valence-corrected chi connectivity index (χ3v) is 6.28. The van der Waals surface area contributed by atoms with Gasteiger partial charge in [-0.05, 0) is 31.4 Å². The number of ether oxygens (including phenoxy) is 2. The quantitative estimate of drug-likeness (QED) is 0.246. The third-order valence-electron chi connectivity index (χ3n) is 6.28. The number of carbonyl (C=O) groups is 3. The standard InChI is InChI=1S/C25H27NO7/c1-3-32-21(28)14-20-15-25(17(2)27,24(29)33-16-18-10-6-4-7-11-18)22(23(20)26(30)31)19-12-8-5-9-13-19/h4-13,20,22-23H,3,14-16H2,1-2H3/t20-,22+,23-,25+/m1/s1. The lowest BCUT2D eigenvalue weighted by molar-refractivity contribution is -0.532. The highest BCUT2D eigenvalue weighted by Gasteiger charge is 2.67. The van der Waals surface area contributed by atoms with Gasteiger partial charge >= 0.3 is 11.9 Å². The Morgan fingerprint density at radius 2 is 1.64 bits per heavy atom. The first-order valence-corrected chi connectivity index (χ1v) is 10.9. The number of esters is 2. The van der Waals surface area contributed by atoms with E-state index >= 15 is 0 Å². The number of ketones is 1. The molecule has 4 atom stereocenters. The predicted octanol–water partition coefficient (Wildman–Crippen LogP) is 3.71. The molecule has 0 radical (unpaired) electrons. The maximum Gasteiger partial charge on any atom is 0.320 e. The van der Waals surface area contributed by atoms with Crippen molar-refractivity contribution in [1.82, 2.24) is 0 Å². The second-order valence-electron chi connectivity index (χ2n) is 8.23. The van der Waals surface area contributed by atoms with Crippen molar-refractivity contribution in [2.24, 2.45) is 11.3 Å². The zero-order valence-corrected chi connectivity index (χ0v) is 18.6. The molecule has 174 valence electrons. The Hall–Kier alpha value is -3.55. The van der Waals surface area contributed by atoms with E-state index in [9.17, 15) is 24.5 Å². The van der Waals surface area contributed by atoms with Crippen LogP contribution in [0.5, 0.6) is 0 Å². The van der Waals surface area contributed by atoms with Crippen LogP contribution in [0.25, 0.3) is 0 Å². The normalized spacial score (nSPS) is 24.1. The molecule has 0 amide bonds. The number of hydrogen-bond acceptors (Lipinski definition) is 7. The number of carbonyl (C=O) groups excluding carboxylic acids is 3. The Bertz CT molecular complexity index is 1010. The van der Waals surface area contributed by atoms with Crippen molar-refractivity contribution >= 4 is 17.7 Å². The Morgan fingerprint density at radius 3 is 2.18 bits per heavy atom. The molecule has 0 heterocycles. The Labute approximate surface area is 192 Å². The van der Waals surface area contributed by atoms with E-state index in [2.05, 4.69) is 0 Å². The average molecular weight is 453 g/mol. The fraction of sp³-hybridized carbons (Fsp3) is 0.400. The first kappa shape index (κ1) is 24.1. The molecule has 0 unspecified atom stereocenters. The Morgan fingerprint density at radius 1 is 1.03 bits per heavy atom. The van der Waals surface area contributed by atoms with Crippen molar-refractivity contribution in [1.29, 1.82) is 0 Å². The molecule has 1 aliphatic rings. The first-order valence-electron chi connectivity index (χ1n) is 10.9. The lowest BCUT2D eigenvalue weighted by Crippen LogP contribution is -2.44. The third kappa shape index (κ3) is 4.94. The van der Waals surface area contributed by atoms with Gasteiger partial charge in [-0.2, -0.15) is 0 Å². The molecule has 2 aromatic rings. The molecule has 8 heteroatoms. The SMILES string of the molecule is CCOC(=O)C[C@@H]1C[C@@](C(C)=O)(C(=O)OCc2ccccc2)[C@@H](c2ccccc2)[C@@H]1[N+](=O)[O-]. The van der Waals surface area contributed by atoms with Gasteiger partial charge in [0.15, 0.2) is 0 Å². The highest BCUT2D eigenvalue weighted by molar-refractivity contribution is 6.04. The molecule has 1 saturated carbocycles. The summed E-state index contributed by atoms with van der Waals surface area (Å²) in [6, 6.07) is 16.1. The molecule has 0 aromatic heterocycles. The summed E-state index contributed by atoms with van der Waals surface area (Å²) in [4.78, 5) is 50.6. The molecular formula is C25H27NO7. The van der Waals surface area contributed by atoms with Crippen molar-refractivity contribution in [3.8, 4) is 0 Å². The van der Waals surface area contributed by atoms with Crippen LogP contribution in [0.1, 0.15) is 43.7 Å². The van der Waals surface area contributed by atoms with Crippen molar-refractivity contribution in [2.45, 2.75) is 45.3 Å². The largest absolute Gasteiger partial charge is 0.466 e. The van der Waals surface area contributed by atoms with E-state index in [1.165, 1.54) is 6.92 Å². The zero-order chi connectivity index (χ0) is 24.0. The van der Waals surface area contributed by atoms with Gasteiger partial charge in [-0.15, -0.1) is 0 Å². The van der Waals surface area contributed by atoms with Gasteiger partial charge in [0.1, 0.15) is 17.8 Å². The Balaban J connectivity index is 2.05. The molecule has 0 N–H and O–H groups in total. The molecule has 1 fully saturated rings. The summed E-state index contributed by atoms with van der Waals surface area (Å²) in [6.07, 6.45) is -0.427. The topological polar surface area (TPSA) is 113 Å². The number of nitro groups is 1. The first-order chi connectivity index (χ1) is 15.8. The van der Waals surface area contributed by atoms with Crippen LogP contribution < -0.4 is 0 Å². The van der Waals surface area contributed by atoms with Crippen LogP contribution in [0.4, 0.5) is 0 Å². The van der Waals surface area contributed by atoms with Crippen molar-refractivity contribution in [2.75, 3.05) is 6.61 Å². The van der Waals surface area contributed by atoms with Crippen molar-refractivity contribution < 1.29 is 28.8 Å². The summed E-state index contributed by atoms with van der Waals surface area (Å²) in [6.45, 7) is 2.96. The van der Waals surface area contributed by atoms with Gasteiger partial charge in [0.25, 0.3) is 0 Å². The van der Waals surface area contributed by atoms with E-state index in [1.54, 1.807) is 61.5 Å². The van der Waals surface area contributed by atoms with E-state index in [0.29, 0.717) is 5.56 Å². The summed E-state index contributed by atoms with van der Waals surface area (Å²) in [5.74, 6) is -3.87. The molecule has 0 bridgehead atoms. The van der Waals surface area contributed by atoms with Gasteiger partial charge in [-0.1, -0.05) is 60.7 Å². The highest BCUT2D eigenvalue weighted by atomic mass is 16.6. The van der Waals surface area contributed by atoms with Gasteiger partial charge in [0, 0.05) is 10.8 Å². The molecule has 0 aliphatic heterocycles. The molecule has 1 aliphatic carbocycles. The van der Waals surface area contributed by atoms with Gasteiger partial charge in [-0.3, -0.25) is 24.5 Å². The maximum absolute atomic E-state index is 13.5. The molecule has 0 saturated heterocycles. The molecule has 8 nitrogen and oxygen atoms in total. The van der Waals surface area contributed by atoms with Crippen LogP contribution in [0.2, 0.25) is 0 Å². The summed E-state index contributed by atoms with van der Waals surface area (Å²) < 4.78 is 10.6. The lowest BCUT2D eigenvalue weighted by atomic mass is 9.70. The number of benzene rings is 2. The van der Waals surface area contributed by atoms with E-state index < -0.39 is 45.9 Å². The molecule has 3 rings (SSSR count). The second-order valence-corrected chi connectivity index (χ2v) is 8.23. The lowest BCUT2D eigenvalue weighted by Gasteiger charge is -2.31. The van der Waals surface area contributed by atoms with Gasteiger partial charge < -0.3 is 9.47 Å². The van der Waals surface area contributed by atoms with E-state index in [4.69, 9.17) is 9.47 Å². The molecule has 0 spiro atoms. The van der Waals surface area contributed by atoms with Crippen LogP contribution in [0.3, 0.4) is 0 Å². The van der Waals surface area contributed by atoms with Crippen molar-refractivity contribution in [3.05, 3.63) is 81.9 Å². The van der Waals surface area contributed by atoms with E-state index in [-0.39, 0.29) is 26.1 Å². The van der Waals surface area contributed by atoms with E-state index in [1.807, 2.05) is 6.07 Å². The molecule has 33 heavy (non-hydrogen) atoms. The smallest absolute Gasteiger partial charge is 0.320 e. The number of hydrogen-bond donors (Lipinski definition) is 0. The minimum Gasteiger partial charge on any atom is -0.466 e. The van der Waals surface area contributed by atoms with Crippen LogP contribution in [0, 0.1) is 21.4 Å². The summed E-state index contributed by atoms with van der Waals surface area (Å²) in [5, 5.41) is 12.2. The van der Waals surface area contributed by atoms with E-state index in [0.717, 1.165) is 5.56 Å². The molecular weight excluding hydrogens is 426 g/mol. The summed E-state index contributed by atoms with van der Waals surface area (Å²) in [5.41, 5.74) is -0.574. The highest BCUT2D eigenvalue weighted by Crippen LogP contribution is 2.55. The minimum atomic E-state index is -1.79. The zero-order valence-electron chi connectivity index (χ0n) is 18.6. The maximum atomic E-state index is 13.5. The fourth-order valence-electron chi connectivity index (χ4n) is 4.86. The second kappa shape index (κ2) is 10.4. The average Bonchev–Trinajstić information content (AvgIpc) is 3.15. The summed E-state index contributed by atoms with van der Waals surface area (Å²) in [7, 11) is 0. The van der Waals surface area contributed by atoms with Gasteiger partial charge in [-0.25, -0.2) is 0 Å².